The molecule has 0 radical (unpaired) electrons. The number of carbonyl (C=O) groups excluding carboxylic acids is 3. The van der Waals surface area contributed by atoms with E-state index < -0.39 is 46.6 Å². The first-order valence-electron chi connectivity index (χ1n) is 11.4. The number of non-ortho nitro benzene ring substituents is 1. The number of imide groups is 1. The summed E-state index contributed by atoms with van der Waals surface area (Å²) >= 11 is 5.96. The summed E-state index contributed by atoms with van der Waals surface area (Å²) in [7, 11) is 0. The molecule has 0 aromatic heterocycles. The van der Waals surface area contributed by atoms with Gasteiger partial charge in [-0.15, -0.1) is 0 Å². The third-order valence-corrected chi connectivity index (χ3v) is 7.22. The van der Waals surface area contributed by atoms with E-state index in [0.29, 0.717) is 10.7 Å². The van der Waals surface area contributed by atoms with Crippen LogP contribution in [0, 0.1) is 22.0 Å². The molecule has 0 bridgehead atoms. The van der Waals surface area contributed by atoms with Gasteiger partial charge in [-0.2, -0.15) is 5.10 Å². The number of hydrogen-bond acceptors (Lipinski definition) is 7. The number of halogens is 1. The molecule has 3 aliphatic rings. The van der Waals surface area contributed by atoms with E-state index in [1.165, 1.54) is 29.3 Å². The molecule has 3 heterocycles. The van der Waals surface area contributed by atoms with Gasteiger partial charge in [0.2, 0.25) is 17.7 Å². The number of nitro benzene ring substituents is 1. The molecule has 2 saturated heterocycles. The Morgan fingerprint density at radius 2 is 1.70 bits per heavy atom. The number of nitrogens with zero attached hydrogens (tertiary/aromatic N) is 4. The zero-order valence-electron chi connectivity index (χ0n) is 19.0. The van der Waals surface area contributed by atoms with Crippen molar-refractivity contribution >= 4 is 52.6 Å². The smallest absolute Gasteiger partial charge is 0.271 e. The Bertz CT molecular complexity index is 1510. The molecule has 6 rings (SSSR count). The highest BCUT2D eigenvalue weighted by molar-refractivity contribution is 6.30. The van der Waals surface area contributed by atoms with Crippen molar-refractivity contribution < 1.29 is 19.3 Å². The van der Waals surface area contributed by atoms with Crippen molar-refractivity contribution in [2.75, 3.05) is 10.2 Å². The second-order valence-corrected chi connectivity index (χ2v) is 9.42. The van der Waals surface area contributed by atoms with Crippen molar-refractivity contribution in [3.63, 3.8) is 0 Å². The summed E-state index contributed by atoms with van der Waals surface area (Å²) in [6.07, 6.45) is 1.61. The SMILES string of the molecule is O=C(Nc1ccc(Cl)cc1)[C@@H]1[C@@H]2C(=O)N(c3cccc([N+](=O)[O-])c3)C(=O)[C@@H]2[C@H]2c3ccccc3C=NN12. The molecule has 3 amide bonds. The van der Waals surface area contributed by atoms with Crippen LogP contribution < -0.4 is 10.2 Å². The highest BCUT2D eigenvalue weighted by Crippen LogP contribution is 2.52. The number of hydrazone groups is 1. The molecule has 4 atom stereocenters. The Balaban J connectivity index is 1.44. The molecule has 10 nitrogen and oxygen atoms in total. The predicted octanol–water partition coefficient (Wildman–Crippen LogP) is 3.77. The standard InChI is InChI=1S/C26H18ClN5O5/c27-15-8-10-16(11-9-15)29-24(33)23-21-20(22-19-7-2-1-4-14(19)13-28-31(22)23)25(34)30(26(21)35)17-5-3-6-18(12-17)32(36)37/h1-13,20-23H,(H,29,33)/t20-,21+,22+,23-/m0/s1. The van der Waals surface area contributed by atoms with Crippen LogP contribution in [0.3, 0.4) is 0 Å². The second kappa shape index (κ2) is 8.52. The van der Waals surface area contributed by atoms with E-state index in [4.69, 9.17) is 11.6 Å². The minimum absolute atomic E-state index is 0.0922. The second-order valence-electron chi connectivity index (χ2n) is 8.98. The van der Waals surface area contributed by atoms with Gasteiger partial charge < -0.3 is 5.32 Å². The van der Waals surface area contributed by atoms with Crippen molar-refractivity contribution in [3.05, 3.63) is 99.1 Å². The summed E-state index contributed by atoms with van der Waals surface area (Å²) in [6, 6.07) is 17.5. The topological polar surface area (TPSA) is 125 Å². The van der Waals surface area contributed by atoms with Gasteiger partial charge in [0.25, 0.3) is 5.69 Å². The van der Waals surface area contributed by atoms with Crippen LogP contribution in [0.2, 0.25) is 5.02 Å². The maximum atomic E-state index is 13.8. The van der Waals surface area contributed by atoms with Crippen LogP contribution in [-0.4, -0.2) is 39.9 Å². The third-order valence-electron chi connectivity index (χ3n) is 6.97. The van der Waals surface area contributed by atoms with Gasteiger partial charge in [0.15, 0.2) is 0 Å². The molecule has 3 aliphatic heterocycles. The molecule has 2 fully saturated rings. The lowest BCUT2D eigenvalue weighted by Crippen LogP contribution is -2.46. The van der Waals surface area contributed by atoms with Gasteiger partial charge in [-0.25, -0.2) is 4.90 Å². The van der Waals surface area contributed by atoms with E-state index in [1.807, 2.05) is 24.3 Å². The van der Waals surface area contributed by atoms with E-state index in [1.54, 1.807) is 30.5 Å². The van der Waals surface area contributed by atoms with Gasteiger partial charge in [0, 0.05) is 22.8 Å². The molecule has 1 N–H and O–H groups in total. The first kappa shape index (κ1) is 22.9. The summed E-state index contributed by atoms with van der Waals surface area (Å²) in [6.45, 7) is 0. The van der Waals surface area contributed by atoms with Gasteiger partial charge in [-0.05, 0) is 41.5 Å². The summed E-state index contributed by atoms with van der Waals surface area (Å²) in [5, 5.41) is 20.7. The first-order valence-corrected chi connectivity index (χ1v) is 11.8. The molecule has 37 heavy (non-hydrogen) atoms. The van der Waals surface area contributed by atoms with E-state index >= 15 is 0 Å². The van der Waals surface area contributed by atoms with E-state index in [-0.39, 0.29) is 11.4 Å². The average Bonchev–Trinajstić information content (AvgIpc) is 3.38. The number of hydrogen-bond donors (Lipinski definition) is 1. The fraction of sp³-hybridized carbons (Fsp3) is 0.154. The Morgan fingerprint density at radius 1 is 0.973 bits per heavy atom. The number of amides is 3. The summed E-state index contributed by atoms with van der Waals surface area (Å²) in [4.78, 5) is 52.9. The Morgan fingerprint density at radius 3 is 2.46 bits per heavy atom. The normalized spacial score (nSPS) is 23.5. The average molecular weight is 516 g/mol. The van der Waals surface area contributed by atoms with Gasteiger partial charge in [-0.3, -0.25) is 29.5 Å². The Hall–Kier alpha value is -4.57. The Labute approximate surface area is 215 Å². The lowest BCUT2D eigenvalue weighted by Gasteiger charge is -2.33. The van der Waals surface area contributed by atoms with Gasteiger partial charge >= 0.3 is 0 Å². The molecule has 0 saturated carbocycles. The van der Waals surface area contributed by atoms with Crippen molar-refractivity contribution in [1.29, 1.82) is 0 Å². The minimum atomic E-state index is -1.09. The first-order chi connectivity index (χ1) is 17.8. The summed E-state index contributed by atoms with van der Waals surface area (Å²) in [5.41, 5.74) is 1.88. The van der Waals surface area contributed by atoms with E-state index in [9.17, 15) is 24.5 Å². The lowest BCUT2D eigenvalue weighted by atomic mass is 9.85. The van der Waals surface area contributed by atoms with Crippen LogP contribution in [0.15, 0.2) is 77.9 Å². The van der Waals surface area contributed by atoms with Crippen molar-refractivity contribution in [2.45, 2.75) is 12.1 Å². The van der Waals surface area contributed by atoms with Crippen LogP contribution in [0.1, 0.15) is 17.2 Å². The fourth-order valence-electron chi connectivity index (χ4n) is 5.42. The van der Waals surface area contributed by atoms with Gasteiger partial charge in [0.1, 0.15) is 6.04 Å². The van der Waals surface area contributed by atoms with E-state index in [0.717, 1.165) is 16.0 Å². The Kier molecular flexibility index (Phi) is 5.27. The maximum Gasteiger partial charge on any atom is 0.271 e. The van der Waals surface area contributed by atoms with Crippen molar-refractivity contribution in [3.8, 4) is 0 Å². The highest BCUT2D eigenvalue weighted by Gasteiger charge is 2.65. The lowest BCUT2D eigenvalue weighted by molar-refractivity contribution is -0.384. The van der Waals surface area contributed by atoms with E-state index in [2.05, 4.69) is 10.4 Å². The largest absolute Gasteiger partial charge is 0.324 e. The minimum Gasteiger partial charge on any atom is -0.324 e. The number of rotatable bonds is 4. The number of anilines is 2. The summed E-state index contributed by atoms with van der Waals surface area (Å²) < 4.78 is 0. The van der Waals surface area contributed by atoms with Crippen LogP contribution >= 0.6 is 11.6 Å². The molecule has 0 unspecified atom stereocenters. The summed E-state index contributed by atoms with van der Waals surface area (Å²) in [5.74, 6) is -3.59. The van der Waals surface area contributed by atoms with Gasteiger partial charge in [-0.1, -0.05) is 41.9 Å². The molecular formula is C26H18ClN5O5. The monoisotopic (exact) mass is 515 g/mol. The zero-order valence-corrected chi connectivity index (χ0v) is 19.8. The van der Waals surface area contributed by atoms with Crippen LogP contribution in [0.4, 0.5) is 17.1 Å². The third kappa shape index (κ3) is 3.56. The quantitative estimate of drug-likeness (QED) is 0.320. The van der Waals surface area contributed by atoms with Crippen molar-refractivity contribution in [1.82, 2.24) is 5.01 Å². The van der Waals surface area contributed by atoms with Crippen molar-refractivity contribution in [2.24, 2.45) is 16.9 Å². The number of benzene rings is 3. The fourth-order valence-corrected chi connectivity index (χ4v) is 5.54. The van der Waals surface area contributed by atoms with Crippen LogP contribution in [0.25, 0.3) is 0 Å². The molecule has 3 aromatic rings. The molecule has 0 aliphatic carbocycles. The number of nitrogens with one attached hydrogen (secondary N) is 1. The molecular weight excluding hydrogens is 498 g/mol. The highest BCUT2D eigenvalue weighted by atomic mass is 35.5. The van der Waals surface area contributed by atoms with Crippen LogP contribution in [0.5, 0.6) is 0 Å². The maximum absolute atomic E-state index is 13.8. The zero-order chi connectivity index (χ0) is 25.8. The molecule has 184 valence electrons. The number of carbonyl (C=O) groups is 3. The molecule has 0 spiro atoms. The number of nitro groups is 1. The molecule has 3 aromatic carbocycles. The van der Waals surface area contributed by atoms with Crippen LogP contribution in [-0.2, 0) is 14.4 Å². The van der Waals surface area contributed by atoms with Gasteiger partial charge in [0.05, 0.1) is 34.7 Å². The molecule has 11 heteroatoms. The predicted molar refractivity (Wildman–Crippen MR) is 135 cm³/mol. The number of fused-ring (bicyclic) bond motifs is 5.